The van der Waals surface area contributed by atoms with Gasteiger partial charge in [0.2, 0.25) is 0 Å². The molecule has 0 saturated heterocycles. The molecule has 1 rings (SSSR count). The molecule has 3 heteroatoms. The van der Waals surface area contributed by atoms with Crippen molar-refractivity contribution in [3.8, 4) is 0 Å². The molecule has 0 aliphatic heterocycles. The average Bonchev–Trinajstić information content (AvgIpc) is 2.12. The van der Waals surface area contributed by atoms with Gasteiger partial charge in [0.1, 0.15) is 0 Å². The molecule has 0 fully saturated rings. The zero-order valence-corrected chi connectivity index (χ0v) is 9.61. The van der Waals surface area contributed by atoms with Gasteiger partial charge in [0, 0.05) is 15.8 Å². The molecule has 13 heavy (non-hydrogen) atoms. The first-order chi connectivity index (χ1) is 6.11. The van der Waals surface area contributed by atoms with Crippen LogP contribution in [0.2, 0.25) is 0 Å². The first-order valence-electron chi connectivity index (χ1n) is 4.47. The number of anilines is 2. The van der Waals surface area contributed by atoms with Crippen molar-refractivity contribution in [2.24, 2.45) is 0 Å². The molecular weight excluding hydrogens is 228 g/mol. The predicted molar refractivity (Wildman–Crippen MR) is 61.7 cm³/mol. The molecule has 2 nitrogen and oxygen atoms in total. The molecule has 0 radical (unpaired) electrons. The Hall–Kier alpha value is -0.700. The van der Waals surface area contributed by atoms with Crippen molar-refractivity contribution in [3.05, 3.63) is 21.7 Å². The average molecular weight is 243 g/mol. The molecule has 72 valence electrons. The molecular formula is C10H15BrN2. The Morgan fingerprint density at radius 2 is 1.85 bits per heavy atom. The van der Waals surface area contributed by atoms with Gasteiger partial charge < -0.3 is 11.5 Å². The minimum absolute atomic E-state index is 0.827. The maximum atomic E-state index is 5.94. The Kier molecular flexibility index (Phi) is 3.20. The summed E-state index contributed by atoms with van der Waals surface area (Å²) in [5, 5.41) is 0. The Labute approximate surface area is 87.4 Å². The van der Waals surface area contributed by atoms with E-state index in [0.717, 1.165) is 39.8 Å². The van der Waals surface area contributed by atoms with Crippen molar-refractivity contribution >= 4 is 27.3 Å². The van der Waals surface area contributed by atoms with E-state index in [2.05, 4.69) is 29.8 Å². The standard InChI is InChI=1S/C10H15BrN2/c1-3-6-5-8(12)7(4-2)9(11)10(6)13/h5H,3-4,12-13H2,1-2H3. The van der Waals surface area contributed by atoms with E-state index in [1.807, 2.05) is 6.07 Å². The first kappa shape index (κ1) is 10.4. The fraction of sp³-hybridized carbons (Fsp3) is 0.400. The molecule has 0 atom stereocenters. The lowest BCUT2D eigenvalue weighted by Gasteiger charge is -2.12. The number of rotatable bonds is 2. The number of halogens is 1. The zero-order chi connectivity index (χ0) is 10.0. The third-order valence-corrected chi connectivity index (χ3v) is 3.17. The molecule has 0 amide bonds. The van der Waals surface area contributed by atoms with Gasteiger partial charge >= 0.3 is 0 Å². The second-order valence-electron chi connectivity index (χ2n) is 3.04. The molecule has 0 bridgehead atoms. The summed E-state index contributed by atoms with van der Waals surface area (Å²) in [6.45, 7) is 4.14. The van der Waals surface area contributed by atoms with Gasteiger partial charge in [0.15, 0.2) is 0 Å². The van der Waals surface area contributed by atoms with E-state index in [9.17, 15) is 0 Å². The van der Waals surface area contributed by atoms with E-state index in [4.69, 9.17) is 11.5 Å². The number of hydrogen-bond donors (Lipinski definition) is 2. The van der Waals surface area contributed by atoms with Crippen LogP contribution in [-0.4, -0.2) is 0 Å². The maximum absolute atomic E-state index is 5.94. The van der Waals surface area contributed by atoms with Crippen LogP contribution < -0.4 is 11.5 Å². The summed E-state index contributed by atoms with van der Waals surface area (Å²) >= 11 is 3.48. The Morgan fingerprint density at radius 1 is 1.23 bits per heavy atom. The number of aryl methyl sites for hydroxylation is 1. The van der Waals surface area contributed by atoms with Gasteiger partial charge in [-0.05, 0) is 46.0 Å². The molecule has 1 aromatic rings. The molecule has 0 unspecified atom stereocenters. The van der Waals surface area contributed by atoms with Gasteiger partial charge in [-0.25, -0.2) is 0 Å². The van der Waals surface area contributed by atoms with Crippen LogP contribution in [0.5, 0.6) is 0 Å². The van der Waals surface area contributed by atoms with Crippen LogP contribution in [0.4, 0.5) is 11.4 Å². The predicted octanol–water partition coefficient (Wildman–Crippen LogP) is 2.74. The summed E-state index contributed by atoms with van der Waals surface area (Å²) in [5.74, 6) is 0. The van der Waals surface area contributed by atoms with Crippen molar-refractivity contribution < 1.29 is 0 Å². The topological polar surface area (TPSA) is 52.0 Å². The number of nitrogen functional groups attached to an aromatic ring is 2. The fourth-order valence-electron chi connectivity index (χ4n) is 1.43. The normalized spacial score (nSPS) is 10.4. The second kappa shape index (κ2) is 4.01. The minimum atomic E-state index is 0.827. The van der Waals surface area contributed by atoms with Gasteiger partial charge in [0.05, 0.1) is 0 Å². The smallest absolute Gasteiger partial charge is 0.0495 e. The Balaban J connectivity index is 3.37. The molecule has 0 spiro atoms. The second-order valence-corrected chi connectivity index (χ2v) is 3.83. The Morgan fingerprint density at radius 3 is 2.31 bits per heavy atom. The monoisotopic (exact) mass is 242 g/mol. The highest BCUT2D eigenvalue weighted by molar-refractivity contribution is 9.10. The van der Waals surface area contributed by atoms with Crippen molar-refractivity contribution in [2.45, 2.75) is 26.7 Å². The lowest BCUT2D eigenvalue weighted by atomic mass is 10.0. The highest BCUT2D eigenvalue weighted by Crippen LogP contribution is 2.32. The van der Waals surface area contributed by atoms with Crippen molar-refractivity contribution in [3.63, 3.8) is 0 Å². The van der Waals surface area contributed by atoms with Crippen molar-refractivity contribution in [1.82, 2.24) is 0 Å². The summed E-state index contributed by atoms with van der Waals surface area (Å²) < 4.78 is 0.965. The molecule has 0 aliphatic carbocycles. The SMILES string of the molecule is CCc1cc(N)c(CC)c(Br)c1N. The van der Waals surface area contributed by atoms with E-state index in [-0.39, 0.29) is 0 Å². The van der Waals surface area contributed by atoms with Gasteiger partial charge in [0.25, 0.3) is 0 Å². The molecule has 1 aromatic carbocycles. The number of hydrogen-bond acceptors (Lipinski definition) is 2. The summed E-state index contributed by atoms with van der Waals surface area (Å²) in [7, 11) is 0. The van der Waals surface area contributed by atoms with E-state index in [1.54, 1.807) is 0 Å². The van der Waals surface area contributed by atoms with Crippen LogP contribution >= 0.6 is 15.9 Å². The largest absolute Gasteiger partial charge is 0.398 e. The van der Waals surface area contributed by atoms with Gasteiger partial charge in [-0.2, -0.15) is 0 Å². The molecule has 0 saturated carbocycles. The maximum Gasteiger partial charge on any atom is 0.0495 e. The Bertz CT molecular complexity index is 321. The van der Waals surface area contributed by atoms with Crippen LogP contribution in [0, 0.1) is 0 Å². The van der Waals surface area contributed by atoms with E-state index in [1.165, 1.54) is 0 Å². The minimum Gasteiger partial charge on any atom is -0.398 e. The highest BCUT2D eigenvalue weighted by atomic mass is 79.9. The van der Waals surface area contributed by atoms with Crippen LogP contribution in [0.1, 0.15) is 25.0 Å². The van der Waals surface area contributed by atoms with Gasteiger partial charge in [-0.1, -0.05) is 13.8 Å². The van der Waals surface area contributed by atoms with Crippen molar-refractivity contribution in [2.75, 3.05) is 11.5 Å². The summed E-state index contributed by atoms with van der Waals surface area (Å²) in [6, 6.07) is 1.97. The summed E-state index contributed by atoms with van der Waals surface area (Å²) in [4.78, 5) is 0. The third kappa shape index (κ3) is 1.80. The quantitative estimate of drug-likeness (QED) is 0.784. The lowest BCUT2D eigenvalue weighted by molar-refractivity contribution is 1.10. The first-order valence-corrected chi connectivity index (χ1v) is 5.26. The third-order valence-electron chi connectivity index (χ3n) is 2.26. The van der Waals surface area contributed by atoms with Gasteiger partial charge in [-0.15, -0.1) is 0 Å². The van der Waals surface area contributed by atoms with Crippen LogP contribution in [0.25, 0.3) is 0 Å². The highest BCUT2D eigenvalue weighted by Gasteiger charge is 2.09. The zero-order valence-electron chi connectivity index (χ0n) is 8.02. The van der Waals surface area contributed by atoms with Crippen molar-refractivity contribution in [1.29, 1.82) is 0 Å². The molecule has 4 N–H and O–H groups in total. The van der Waals surface area contributed by atoms with E-state index < -0.39 is 0 Å². The van der Waals surface area contributed by atoms with Gasteiger partial charge in [-0.3, -0.25) is 0 Å². The van der Waals surface area contributed by atoms with Crippen LogP contribution in [0.15, 0.2) is 10.5 Å². The molecule has 0 aromatic heterocycles. The molecule has 0 heterocycles. The molecule has 0 aliphatic rings. The summed E-state index contributed by atoms with van der Waals surface area (Å²) in [6.07, 6.45) is 1.82. The fourth-order valence-corrected chi connectivity index (χ4v) is 2.20. The van der Waals surface area contributed by atoms with Crippen LogP contribution in [-0.2, 0) is 12.8 Å². The van der Waals surface area contributed by atoms with E-state index >= 15 is 0 Å². The number of benzene rings is 1. The number of nitrogens with two attached hydrogens (primary N) is 2. The van der Waals surface area contributed by atoms with E-state index in [0.29, 0.717) is 0 Å². The van der Waals surface area contributed by atoms with Crippen LogP contribution in [0.3, 0.4) is 0 Å². The lowest BCUT2D eigenvalue weighted by Crippen LogP contribution is -2.02. The summed E-state index contributed by atoms with van der Waals surface area (Å²) in [5.41, 5.74) is 15.7.